The molecule has 0 aromatic heterocycles. The van der Waals surface area contributed by atoms with E-state index in [0.29, 0.717) is 0 Å². The van der Waals surface area contributed by atoms with E-state index in [4.69, 9.17) is 9.47 Å². The fraction of sp³-hybridized carbons (Fsp3) is 0.400. The van der Waals surface area contributed by atoms with Crippen molar-refractivity contribution < 1.29 is 22.8 Å². The zero-order valence-electron chi connectivity index (χ0n) is 10.5. The summed E-state index contributed by atoms with van der Waals surface area (Å²) in [5.74, 6) is 0.398. The second-order valence-corrected chi connectivity index (χ2v) is 5.44. The highest BCUT2D eigenvalue weighted by molar-refractivity contribution is 7.88. The summed E-state index contributed by atoms with van der Waals surface area (Å²) in [6, 6.07) is 4.14. The molecule has 0 heterocycles. The Balaban J connectivity index is 2.65. The lowest BCUT2D eigenvalue weighted by Crippen LogP contribution is -2.26. The highest BCUT2D eigenvalue weighted by atomic mass is 32.2. The van der Waals surface area contributed by atoms with E-state index >= 15 is 0 Å². The van der Waals surface area contributed by atoms with Crippen molar-refractivity contribution in [2.75, 3.05) is 26.5 Å². The van der Waals surface area contributed by atoms with E-state index in [1.165, 1.54) is 25.3 Å². The van der Waals surface area contributed by atoms with Crippen molar-refractivity contribution >= 4 is 15.7 Å². The number of nitro groups is 1. The Kier molecular flexibility index (Phi) is 5.07. The van der Waals surface area contributed by atoms with Gasteiger partial charge in [-0.1, -0.05) is 0 Å². The molecule has 0 aliphatic heterocycles. The normalized spacial score (nSPS) is 11.1. The van der Waals surface area contributed by atoms with Crippen molar-refractivity contribution in [2.45, 2.75) is 0 Å². The number of benzene rings is 1. The molecule has 8 nitrogen and oxygen atoms in total. The zero-order valence-corrected chi connectivity index (χ0v) is 11.3. The lowest BCUT2D eigenvalue weighted by Gasteiger charge is -2.07. The smallest absolute Gasteiger partial charge is 0.314 e. The van der Waals surface area contributed by atoms with Crippen molar-refractivity contribution in [1.29, 1.82) is 0 Å². The monoisotopic (exact) mass is 290 g/mol. The van der Waals surface area contributed by atoms with Gasteiger partial charge in [-0.15, -0.1) is 0 Å². The molecule has 0 aliphatic rings. The zero-order chi connectivity index (χ0) is 14.5. The van der Waals surface area contributed by atoms with Gasteiger partial charge < -0.3 is 9.47 Å². The van der Waals surface area contributed by atoms with Crippen LogP contribution in [0.25, 0.3) is 0 Å². The first-order valence-corrected chi connectivity index (χ1v) is 7.12. The van der Waals surface area contributed by atoms with Crippen LogP contribution >= 0.6 is 0 Å². The molecule has 0 fully saturated rings. The highest BCUT2D eigenvalue weighted by Crippen LogP contribution is 2.30. The number of nitrogens with one attached hydrogen (secondary N) is 1. The second-order valence-electron chi connectivity index (χ2n) is 3.61. The van der Waals surface area contributed by atoms with Crippen molar-refractivity contribution in [3.05, 3.63) is 28.3 Å². The molecule has 0 atom stereocenters. The van der Waals surface area contributed by atoms with Gasteiger partial charge in [0.25, 0.3) is 0 Å². The summed E-state index contributed by atoms with van der Waals surface area (Å²) in [4.78, 5) is 10.2. The topological polar surface area (TPSA) is 108 Å². The summed E-state index contributed by atoms with van der Waals surface area (Å²) in [7, 11) is -1.94. The Morgan fingerprint density at radius 3 is 2.63 bits per heavy atom. The Labute approximate surface area is 110 Å². The van der Waals surface area contributed by atoms with E-state index in [1.807, 2.05) is 0 Å². The highest BCUT2D eigenvalue weighted by Gasteiger charge is 2.15. The number of rotatable bonds is 7. The van der Waals surface area contributed by atoms with Crippen LogP contribution in [0.2, 0.25) is 0 Å². The van der Waals surface area contributed by atoms with Gasteiger partial charge in [0, 0.05) is 6.54 Å². The van der Waals surface area contributed by atoms with E-state index in [-0.39, 0.29) is 30.3 Å². The third kappa shape index (κ3) is 5.10. The first-order valence-electron chi connectivity index (χ1n) is 5.23. The minimum absolute atomic E-state index is 0.0660. The van der Waals surface area contributed by atoms with Gasteiger partial charge in [0.1, 0.15) is 12.4 Å². The third-order valence-electron chi connectivity index (χ3n) is 2.08. The summed E-state index contributed by atoms with van der Waals surface area (Å²) >= 11 is 0. The lowest BCUT2D eigenvalue weighted by molar-refractivity contribution is -0.385. The van der Waals surface area contributed by atoms with Crippen LogP contribution in [0.4, 0.5) is 5.69 Å². The van der Waals surface area contributed by atoms with Crippen molar-refractivity contribution in [3.63, 3.8) is 0 Å². The van der Waals surface area contributed by atoms with Crippen LogP contribution in [0.3, 0.4) is 0 Å². The number of nitrogens with zero attached hydrogens (tertiary/aromatic N) is 1. The van der Waals surface area contributed by atoms with Crippen LogP contribution in [-0.4, -0.2) is 39.9 Å². The van der Waals surface area contributed by atoms with Gasteiger partial charge in [0.2, 0.25) is 10.0 Å². The molecule has 0 saturated carbocycles. The molecule has 0 bridgehead atoms. The van der Waals surface area contributed by atoms with Crippen LogP contribution in [0.5, 0.6) is 11.5 Å². The fourth-order valence-electron chi connectivity index (χ4n) is 1.30. The van der Waals surface area contributed by atoms with Gasteiger partial charge in [-0.2, -0.15) is 0 Å². The summed E-state index contributed by atoms with van der Waals surface area (Å²) < 4.78 is 33.9. The third-order valence-corrected chi connectivity index (χ3v) is 2.81. The van der Waals surface area contributed by atoms with Gasteiger partial charge in [-0.05, 0) is 12.1 Å². The molecule has 0 saturated heterocycles. The summed E-state index contributed by atoms with van der Waals surface area (Å²) in [6.07, 6.45) is 1.03. The van der Waals surface area contributed by atoms with E-state index in [0.717, 1.165) is 6.26 Å². The first kappa shape index (κ1) is 15.2. The maximum Gasteiger partial charge on any atom is 0.314 e. The van der Waals surface area contributed by atoms with Crippen LogP contribution in [0.15, 0.2) is 18.2 Å². The molecule has 106 valence electrons. The van der Waals surface area contributed by atoms with Gasteiger partial charge >= 0.3 is 5.69 Å². The molecule has 19 heavy (non-hydrogen) atoms. The van der Waals surface area contributed by atoms with Gasteiger partial charge in [-0.3, -0.25) is 10.1 Å². The molecule has 1 aromatic rings. The van der Waals surface area contributed by atoms with E-state index in [1.54, 1.807) is 0 Å². The molecular formula is C10H14N2O6S. The summed E-state index contributed by atoms with van der Waals surface area (Å²) in [5.41, 5.74) is -0.212. The molecule has 0 radical (unpaired) electrons. The second kappa shape index (κ2) is 6.34. The average molecular weight is 290 g/mol. The van der Waals surface area contributed by atoms with Crippen molar-refractivity contribution in [1.82, 2.24) is 4.72 Å². The number of hydrogen-bond acceptors (Lipinski definition) is 6. The largest absolute Gasteiger partial charge is 0.492 e. The number of ether oxygens (including phenoxy) is 2. The SMILES string of the molecule is COc1ccc(OCCNS(C)(=O)=O)cc1[N+](=O)[O-]. The molecule has 0 amide bonds. The minimum atomic E-state index is -3.27. The predicted octanol–water partition coefficient (Wildman–Crippen LogP) is 0.531. The standard InChI is InChI=1S/C10H14N2O6S/c1-17-10-4-3-8(7-9(10)12(13)14)18-6-5-11-19(2,15)16/h3-4,7,11H,5-6H2,1-2H3. The Morgan fingerprint density at radius 2 is 2.11 bits per heavy atom. The number of methoxy groups -OCH3 is 1. The fourth-order valence-corrected chi connectivity index (χ4v) is 1.75. The Bertz CT molecular complexity index is 557. The summed E-state index contributed by atoms with van der Waals surface area (Å²) in [5, 5.41) is 10.8. The number of hydrogen-bond donors (Lipinski definition) is 1. The van der Waals surface area contributed by atoms with Crippen molar-refractivity contribution in [3.8, 4) is 11.5 Å². The molecule has 0 aliphatic carbocycles. The molecule has 0 unspecified atom stereocenters. The van der Waals surface area contributed by atoms with E-state index < -0.39 is 14.9 Å². The van der Waals surface area contributed by atoms with Crippen LogP contribution in [-0.2, 0) is 10.0 Å². The van der Waals surface area contributed by atoms with Crippen molar-refractivity contribution in [2.24, 2.45) is 0 Å². The van der Waals surface area contributed by atoms with Gasteiger partial charge in [0.05, 0.1) is 24.4 Å². The number of sulfonamides is 1. The molecule has 9 heteroatoms. The van der Waals surface area contributed by atoms with E-state index in [9.17, 15) is 18.5 Å². The number of nitro benzene ring substituents is 1. The Morgan fingerprint density at radius 1 is 1.42 bits per heavy atom. The van der Waals surface area contributed by atoms with Gasteiger partial charge in [-0.25, -0.2) is 13.1 Å². The van der Waals surface area contributed by atoms with Crippen LogP contribution in [0, 0.1) is 10.1 Å². The maximum absolute atomic E-state index is 10.8. The first-order chi connectivity index (χ1) is 8.83. The van der Waals surface area contributed by atoms with Crippen LogP contribution in [0.1, 0.15) is 0 Å². The van der Waals surface area contributed by atoms with Crippen LogP contribution < -0.4 is 14.2 Å². The van der Waals surface area contributed by atoms with E-state index in [2.05, 4.69) is 4.72 Å². The molecular weight excluding hydrogens is 276 g/mol. The lowest BCUT2D eigenvalue weighted by atomic mass is 10.3. The minimum Gasteiger partial charge on any atom is -0.492 e. The predicted molar refractivity (Wildman–Crippen MR) is 68.0 cm³/mol. The maximum atomic E-state index is 10.8. The molecule has 1 aromatic carbocycles. The molecule has 1 N–H and O–H groups in total. The molecule has 1 rings (SSSR count). The Hall–Kier alpha value is -1.87. The quantitative estimate of drug-likeness (QED) is 0.446. The average Bonchev–Trinajstić information content (AvgIpc) is 2.33. The van der Waals surface area contributed by atoms with Gasteiger partial charge in [0.15, 0.2) is 5.75 Å². The summed E-state index contributed by atoms with van der Waals surface area (Å²) in [6.45, 7) is 0.148. The molecule has 0 spiro atoms.